The molecule has 28 heavy (non-hydrogen) atoms. The third-order valence-corrected chi connectivity index (χ3v) is 7.14. The van der Waals surface area contributed by atoms with Crippen LogP contribution in [0.2, 0.25) is 0 Å². The zero-order chi connectivity index (χ0) is 20.1. The topological polar surface area (TPSA) is 53.3 Å². The molecule has 1 fully saturated rings. The highest BCUT2D eigenvalue weighted by Crippen LogP contribution is 2.24. The van der Waals surface area contributed by atoms with Crippen LogP contribution in [0.3, 0.4) is 0 Å². The van der Waals surface area contributed by atoms with Crippen molar-refractivity contribution < 1.29 is 4.55 Å². The molecule has 0 saturated carbocycles. The summed E-state index contributed by atoms with van der Waals surface area (Å²) in [5.41, 5.74) is 4.22. The van der Waals surface area contributed by atoms with Gasteiger partial charge in [-0.2, -0.15) is 14.4 Å². The van der Waals surface area contributed by atoms with Crippen molar-refractivity contribution in [2.24, 2.45) is 13.0 Å². The van der Waals surface area contributed by atoms with E-state index in [1.54, 1.807) is 0 Å². The number of hydrogen-bond acceptors (Lipinski definition) is 4. The Morgan fingerprint density at radius 3 is 2.39 bits per heavy atom. The minimum absolute atomic E-state index is 0.910. The first-order chi connectivity index (χ1) is 13.4. The Kier molecular flexibility index (Phi) is 7.43. The maximum absolute atomic E-state index is 10.6. The van der Waals surface area contributed by atoms with Gasteiger partial charge in [0.25, 0.3) is 0 Å². The lowest BCUT2D eigenvalue weighted by atomic mass is 9.91. The number of aryl methyl sites for hydroxylation is 3. The molecule has 3 rings (SSSR count). The summed E-state index contributed by atoms with van der Waals surface area (Å²) < 4.78 is 15.6. The van der Waals surface area contributed by atoms with Gasteiger partial charge in [-0.05, 0) is 83.3 Å². The van der Waals surface area contributed by atoms with Gasteiger partial charge >= 0.3 is 11.4 Å². The van der Waals surface area contributed by atoms with E-state index < -0.39 is 11.4 Å². The van der Waals surface area contributed by atoms with Crippen LogP contribution in [0, 0.1) is 19.8 Å². The van der Waals surface area contributed by atoms with Crippen LogP contribution in [-0.4, -0.2) is 39.4 Å². The summed E-state index contributed by atoms with van der Waals surface area (Å²) >= 11 is -1.02. The molecule has 2 heterocycles. The first kappa shape index (κ1) is 21.2. The van der Waals surface area contributed by atoms with E-state index in [0.717, 1.165) is 34.3 Å². The van der Waals surface area contributed by atoms with Crippen molar-refractivity contribution in [1.29, 1.82) is 0 Å². The van der Waals surface area contributed by atoms with Crippen molar-refractivity contribution in [3.8, 4) is 0 Å². The van der Waals surface area contributed by atoms with E-state index in [0.29, 0.717) is 0 Å². The van der Waals surface area contributed by atoms with Crippen molar-refractivity contribution in [3.63, 3.8) is 0 Å². The van der Waals surface area contributed by atoms with Crippen LogP contribution < -0.4 is 4.72 Å². The molecule has 6 heteroatoms. The Hall–Kier alpha value is -1.50. The lowest BCUT2D eigenvalue weighted by molar-refractivity contribution is 0.210. The average molecular weight is 404 g/mol. The van der Waals surface area contributed by atoms with Crippen LogP contribution in [0.5, 0.6) is 0 Å². The van der Waals surface area contributed by atoms with Crippen molar-refractivity contribution in [1.82, 2.24) is 14.7 Å². The largest absolute Gasteiger partial charge is 0.306 e. The standard InChI is InChI=1S/C22H35N4OS/c1-17-22(18(2)26(4)23-17)24-28(27)21-11-9-19(10-12-21)7-5-6-8-20-13-15-25(3)16-14-20/h9-12,20,24,27H,5-8,13-16H2,1-4H3/q+1. The van der Waals surface area contributed by atoms with Gasteiger partial charge in [-0.3, -0.25) is 4.68 Å². The molecule has 1 unspecified atom stereocenters. The molecule has 2 aromatic rings. The van der Waals surface area contributed by atoms with E-state index in [2.05, 4.69) is 33.9 Å². The zero-order valence-electron chi connectivity index (χ0n) is 17.7. The molecule has 5 nitrogen and oxygen atoms in total. The van der Waals surface area contributed by atoms with E-state index in [-0.39, 0.29) is 0 Å². The second-order valence-corrected chi connectivity index (χ2v) is 9.44. The van der Waals surface area contributed by atoms with Crippen LogP contribution in [0.1, 0.15) is 49.1 Å². The molecule has 1 aliphatic rings. The fourth-order valence-corrected chi connectivity index (χ4v) is 4.98. The van der Waals surface area contributed by atoms with E-state index in [9.17, 15) is 4.55 Å². The fourth-order valence-electron chi connectivity index (χ4n) is 3.97. The van der Waals surface area contributed by atoms with Crippen LogP contribution >= 0.6 is 0 Å². The average Bonchev–Trinajstić information content (AvgIpc) is 2.93. The van der Waals surface area contributed by atoms with Gasteiger partial charge in [0.15, 0.2) is 0 Å². The van der Waals surface area contributed by atoms with E-state index in [4.69, 9.17) is 0 Å². The van der Waals surface area contributed by atoms with Crippen LogP contribution in [0.25, 0.3) is 0 Å². The molecule has 1 aromatic heterocycles. The van der Waals surface area contributed by atoms with Gasteiger partial charge < -0.3 is 4.90 Å². The molecule has 0 spiro atoms. The second-order valence-electron chi connectivity index (χ2n) is 8.19. The molecule has 1 saturated heterocycles. The summed E-state index contributed by atoms with van der Waals surface area (Å²) in [6.45, 7) is 6.50. The van der Waals surface area contributed by atoms with Gasteiger partial charge in [0.2, 0.25) is 4.90 Å². The lowest BCUT2D eigenvalue weighted by Crippen LogP contribution is -2.30. The summed E-state index contributed by atoms with van der Waals surface area (Å²) in [6, 6.07) is 8.41. The molecular weight excluding hydrogens is 368 g/mol. The monoisotopic (exact) mass is 403 g/mol. The normalized spacial score (nSPS) is 17.0. The first-order valence-electron chi connectivity index (χ1n) is 10.4. The molecular formula is C22H35N4OS+. The van der Waals surface area contributed by atoms with Gasteiger partial charge in [-0.25, -0.2) is 0 Å². The Morgan fingerprint density at radius 1 is 1.11 bits per heavy atom. The van der Waals surface area contributed by atoms with Gasteiger partial charge in [-0.15, -0.1) is 0 Å². The molecule has 1 aromatic carbocycles. The van der Waals surface area contributed by atoms with E-state index >= 15 is 0 Å². The first-order valence-corrected chi connectivity index (χ1v) is 11.6. The highest BCUT2D eigenvalue weighted by atomic mass is 32.2. The van der Waals surface area contributed by atoms with Crippen molar-refractivity contribution >= 4 is 17.0 Å². The molecule has 154 valence electrons. The number of rotatable bonds is 8. The molecule has 1 aliphatic heterocycles. The number of benzene rings is 1. The summed E-state index contributed by atoms with van der Waals surface area (Å²) in [7, 11) is 4.15. The smallest absolute Gasteiger partial charge is 0.303 e. The summed E-state index contributed by atoms with van der Waals surface area (Å²) in [6.07, 6.45) is 7.81. The molecule has 1 atom stereocenters. The predicted molar refractivity (Wildman–Crippen MR) is 119 cm³/mol. The Labute approximate surface area is 172 Å². The number of nitrogens with one attached hydrogen (secondary N) is 1. The second kappa shape index (κ2) is 9.81. The summed E-state index contributed by atoms with van der Waals surface area (Å²) in [5, 5.41) is 4.40. The van der Waals surface area contributed by atoms with Gasteiger partial charge in [0, 0.05) is 7.05 Å². The maximum atomic E-state index is 10.6. The number of unbranched alkanes of at least 4 members (excludes halogenated alkanes) is 1. The number of piperidine rings is 1. The van der Waals surface area contributed by atoms with Crippen molar-refractivity contribution in [2.45, 2.75) is 57.3 Å². The number of nitrogens with zero attached hydrogens (tertiary/aromatic N) is 3. The van der Waals surface area contributed by atoms with Gasteiger partial charge in [0.1, 0.15) is 5.69 Å². The number of aromatic nitrogens is 2. The molecule has 0 aliphatic carbocycles. The predicted octanol–water partition coefficient (Wildman–Crippen LogP) is 4.57. The SMILES string of the molecule is Cc1nn(C)c(C)c1N[S+](O)c1ccc(CCCCC2CCN(C)CC2)cc1. The highest BCUT2D eigenvalue weighted by molar-refractivity contribution is 7.92. The highest BCUT2D eigenvalue weighted by Gasteiger charge is 2.24. The number of likely N-dealkylation sites (tertiary alicyclic amines) is 1. The van der Waals surface area contributed by atoms with Crippen molar-refractivity contribution in [2.75, 3.05) is 24.9 Å². The lowest BCUT2D eigenvalue weighted by Gasteiger charge is -2.28. The Morgan fingerprint density at radius 2 is 1.79 bits per heavy atom. The minimum Gasteiger partial charge on any atom is -0.306 e. The molecule has 2 N–H and O–H groups in total. The fraction of sp³-hybridized carbons (Fsp3) is 0.591. The van der Waals surface area contributed by atoms with Gasteiger partial charge in [0.05, 0.1) is 11.4 Å². The maximum Gasteiger partial charge on any atom is 0.303 e. The van der Waals surface area contributed by atoms with Crippen LogP contribution in [-0.2, 0) is 24.8 Å². The number of anilines is 1. The zero-order valence-corrected chi connectivity index (χ0v) is 18.6. The Balaban J connectivity index is 1.44. The molecule has 0 bridgehead atoms. The minimum atomic E-state index is -1.02. The third kappa shape index (κ3) is 5.52. The van der Waals surface area contributed by atoms with Crippen molar-refractivity contribution in [3.05, 3.63) is 41.2 Å². The van der Waals surface area contributed by atoms with Gasteiger partial charge in [-0.1, -0.05) is 25.0 Å². The van der Waals surface area contributed by atoms with Crippen LogP contribution in [0.15, 0.2) is 29.2 Å². The van der Waals surface area contributed by atoms with Crippen LogP contribution in [0.4, 0.5) is 5.69 Å². The van der Waals surface area contributed by atoms with E-state index in [1.165, 1.54) is 50.8 Å². The summed E-state index contributed by atoms with van der Waals surface area (Å²) in [4.78, 5) is 3.36. The van der Waals surface area contributed by atoms with E-state index in [1.807, 2.05) is 37.7 Å². The molecule has 0 radical (unpaired) electrons. The summed E-state index contributed by atoms with van der Waals surface area (Å²) in [5.74, 6) is 0.931. The number of hydrogen-bond donors (Lipinski definition) is 2. The third-order valence-electron chi connectivity index (χ3n) is 6.02. The quantitative estimate of drug-likeness (QED) is 0.501. The molecule has 0 amide bonds. The Bertz CT molecular complexity index is 751.